The monoisotopic (exact) mass is 513 g/mol. The average Bonchev–Trinajstić information content (AvgIpc) is 2.76. The van der Waals surface area contributed by atoms with Crippen LogP contribution in [0.25, 0.3) is 0 Å². The summed E-state index contributed by atoms with van der Waals surface area (Å²) in [7, 11) is 1.86. The highest BCUT2D eigenvalue weighted by molar-refractivity contribution is 14.0. The summed E-state index contributed by atoms with van der Waals surface area (Å²) in [6, 6.07) is 9.06. The van der Waals surface area contributed by atoms with Crippen LogP contribution in [0.15, 0.2) is 29.3 Å². The van der Waals surface area contributed by atoms with Crippen LogP contribution in [-0.4, -0.2) is 62.1 Å². The van der Waals surface area contributed by atoms with Crippen molar-refractivity contribution in [2.75, 3.05) is 46.3 Å². The van der Waals surface area contributed by atoms with Crippen LogP contribution < -0.4 is 10.6 Å². The Bertz CT molecular complexity index is 598. The molecular formula is C23H40IN5. The van der Waals surface area contributed by atoms with Gasteiger partial charge in [-0.05, 0) is 68.9 Å². The van der Waals surface area contributed by atoms with E-state index >= 15 is 0 Å². The zero-order chi connectivity index (χ0) is 19.6. The lowest BCUT2D eigenvalue weighted by Crippen LogP contribution is -2.44. The van der Waals surface area contributed by atoms with Gasteiger partial charge in [-0.15, -0.1) is 24.0 Å². The fraction of sp³-hybridized carbons (Fsp3) is 0.696. The van der Waals surface area contributed by atoms with E-state index in [4.69, 9.17) is 0 Å². The largest absolute Gasteiger partial charge is 0.356 e. The minimum Gasteiger partial charge on any atom is -0.356 e. The summed E-state index contributed by atoms with van der Waals surface area (Å²) in [4.78, 5) is 9.53. The number of hydrogen-bond acceptors (Lipinski definition) is 3. The van der Waals surface area contributed by atoms with E-state index in [2.05, 4.69) is 56.6 Å². The molecule has 0 saturated carbocycles. The van der Waals surface area contributed by atoms with Gasteiger partial charge in [0.25, 0.3) is 0 Å². The third-order valence-corrected chi connectivity index (χ3v) is 6.17. The van der Waals surface area contributed by atoms with E-state index in [9.17, 15) is 0 Å². The second kappa shape index (κ2) is 13.4. The molecule has 0 radical (unpaired) electrons. The van der Waals surface area contributed by atoms with Crippen molar-refractivity contribution in [3.8, 4) is 0 Å². The van der Waals surface area contributed by atoms with Crippen LogP contribution in [-0.2, 0) is 13.1 Å². The Morgan fingerprint density at radius 1 is 0.966 bits per heavy atom. The molecule has 1 aromatic rings. The zero-order valence-corrected chi connectivity index (χ0v) is 20.7. The van der Waals surface area contributed by atoms with E-state index in [0.29, 0.717) is 0 Å². The Labute approximate surface area is 194 Å². The van der Waals surface area contributed by atoms with Gasteiger partial charge in [0.15, 0.2) is 5.96 Å². The Morgan fingerprint density at radius 2 is 1.66 bits per heavy atom. The quantitative estimate of drug-likeness (QED) is 0.332. The number of rotatable bonds is 7. The minimum absolute atomic E-state index is 0. The van der Waals surface area contributed by atoms with E-state index in [1.54, 1.807) is 0 Å². The molecule has 2 heterocycles. The molecule has 5 nitrogen and oxygen atoms in total. The van der Waals surface area contributed by atoms with Crippen molar-refractivity contribution in [1.82, 2.24) is 20.4 Å². The third-order valence-electron chi connectivity index (χ3n) is 6.17. The maximum atomic E-state index is 4.40. The normalized spacial score (nSPS) is 21.4. The van der Waals surface area contributed by atoms with E-state index < -0.39 is 0 Å². The fourth-order valence-electron chi connectivity index (χ4n) is 4.39. The molecule has 164 valence electrons. The molecule has 0 aliphatic carbocycles. The van der Waals surface area contributed by atoms with Crippen LogP contribution in [0.4, 0.5) is 0 Å². The van der Waals surface area contributed by atoms with Crippen molar-refractivity contribution in [3.63, 3.8) is 0 Å². The molecule has 0 spiro atoms. The van der Waals surface area contributed by atoms with E-state index in [-0.39, 0.29) is 24.0 Å². The van der Waals surface area contributed by atoms with E-state index in [1.165, 1.54) is 69.4 Å². The number of hydrogen-bond donors (Lipinski definition) is 2. The molecule has 1 aromatic carbocycles. The molecule has 3 rings (SSSR count). The number of aliphatic imine (C=N–C) groups is 1. The predicted molar refractivity (Wildman–Crippen MR) is 134 cm³/mol. The lowest BCUT2D eigenvalue weighted by atomic mass is 9.98. The highest BCUT2D eigenvalue weighted by Crippen LogP contribution is 2.15. The lowest BCUT2D eigenvalue weighted by molar-refractivity contribution is 0.183. The number of piperidine rings is 2. The second-order valence-corrected chi connectivity index (χ2v) is 8.36. The topological polar surface area (TPSA) is 42.9 Å². The second-order valence-electron chi connectivity index (χ2n) is 8.36. The summed E-state index contributed by atoms with van der Waals surface area (Å²) < 4.78 is 0. The summed E-state index contributed by atoms with van der Waals surface area (Å²) >= 11 is 0. The molecule has 0 amide bonds. The minimum atomic E-state index is 0. The summed E-state index contributed by atoms with van der Waals surface area (Å²) in [5.41, 5.74) is 2.73. The van der Waals surface area contributed by atoms with Gasteiger partial charge in [0, 0.05) is 33.2 Å². The van der Waals surface area contributed by atoms with Crippen molar-refractivity contribution in [2.45, 2.75) is 52.1 Å². The molecule has 2 saturated heterocycles. The summed E-state index contributed by atoms with van der Waals surface area (Å²) in [6.45, 7) is 11.3. The average molecular weight is 514 g/mol. The number of nitrogens with zero attached hydrogens (tertiary/aromatic N) is 3. The number of nitrogens with one attached hydrogen (secondary N) is 2. The van der Waals surface area contributed by atoms with Crippen LogP contribution in [0.3, 0.4) is 0 Å². The molecule has 29 heavy (non-hydrogen) atoms. The van der Waals surface area contributed by atoms with Crippen molar-refractivity contribution < 1.29 is 0 Å². The predicted octanol–water partition coefficient (Wildman–Crippen LogP) is 3.69. The number of halogens is 1. The van der Waals surface area contributed by atoms with Crippen LogP contribution in [0.5, 0.6) is 0 Å². The molecular weight excluding hydrogens is 473 g/mol. The Kier molecular flexibility index (Phi) is 11.3. The number of guanidine groups is 1. The van der Waals surface area contributed by atoms with E-state index in [0.717, 1.165) is 38.1 Å². The van der Waals surface area contributed by atoms with Crippen LogP contribution in [0.2, 0.25) is 0 Å². The highest BCUT2D eigenvalue weighted by Gasteiger charge is 2.18. The highest BCUT2D eigenvalue weighted by atomic mass is 127. The zero-order valence-electron chi connectivity index (χ0n) is 18.3. The van der Waals surface area contributed by atoms with Gasteiger partial charge in [0.2, 0.25) is 0 Å². The Balaban J connectivity index is 0.00000300. The van der Waals surface area contributed by atoms with Gasteiger partial charge >= 0.3 is 0 Å². The van der Waals surface area contributed by atoms with Gasteiger partial charge in [-0.3, -0.25) is 9.89 Å². The van der Waals surface area contributed by atoms with Crippen molar-refractivity contribution >= 4 is 29.9 Å². The Hall–Kier alpha value is -0.860. The molecule has 1 atom stereocenters. The molecule has 6 heteroatoms. The van der Waals surface area contributed by atoms with Crippen LogP contribution in [0, 0.1) is 5.92 Å². The van der Waals surface area contributed by atoms with E-state index in [1.807, 2.05) is 7.05 Å². The smallest absolute Gasteiger partial charge is 0.191 e. The molecule has 1 unspecified atom stereocenters. The van der Waals surface area contributed by atoms with Crippen LogP contribution in [0.1, 0.15) is 50.2 Å². The van der Waals surface area contributed by atoms with Crippen LogP contribution >= 0.6 is 24.0 Å². The molecule has 0 bridgehead atoms. The molecule has 2 aliphatic heterocycles. The first-order valence-corrected chi connectivity index (χ1v) is 11.2. The Morgan fingerprint density at radius 3 is 2.34 bits per heavy atom. The third kappa shape index (κ3) is 8.42. The fourth-order valence-corrected chi connectivity index (χ4v) is 4.39. The first-order valence-electron chi connectivity index (χ1n) is 11.2. The summed E-state index contributed by atoms with van der Waals surface area (Å²) in [6.07, 6.45) is 6.74. The molecule has 2 N–H and O–H groups in total. The van der Waals surface area contributed by atoms with Gasteiger partial charge in [0.1, 0.15) is 0 Å². The molecule has 2 fully saturated rings. The molecule has 2 aliphatic rings. The van der Waals surface area contributed by atoms with Crippen molar-refractivity contribution in [1.29, 1.82) is 0 Å². The first-order chi connectivity index (χ1) is 13.8. The van der Waals surface area contributed by atoms with Gasteiger partial charge < -0.3 is 15.5 Å². The standard InChI is InChI=1S/C23H39N5.HI/c1-3-27-15-7-8-22(19-27)17-26-23(24-2)25-16-20-9-11-21(12-10-20)18-28-13-5-4-6-14-28;/h9-12,22H,3-8,13-19H2,1-2H3,(H2,24,25,26);1H. The summed E-state index contributed by atoms with van der Waals surface area (Å²) in [5.74, 6) is 1.63. The SMILES string of the molecule is CCN1CCCC(CNC(=NC)NCc2ccc(CN3CCCCC3)cc2)C1.I. The molecule has 0 aromatic heterocycles. The van der Waals surface area contributed by atoms with Gasteiger partial charge in [-0.1, -0.05) is 37.6 Å². The van der Waals surface area contributed by atoms with Crippen molar-refractivity contribution in [2.24, 2.45) is 10.9 Å². The number of likely N-dealkylation sites (tertiary alicyclic amines) is 2. The van der Waals surface area contributed by atoms with Gasteiger partial charge in [-0.2, -0.15) is 0 Å². The maximum absolute atomic E-state index is 4.40. The lowest BCUT2D eigenvalue weighted by Gasteiger charge is -2.32. The van der Waals surface area contributed by atoms with Gasteiger partial charge in [0.05, 0.1) is 0 Å². The first kappa shape index (κ1) is 24.4. The number of benzene rings is 1. The summed E-state index contributed by atoms with van der Waals surface area (Å²) in [5, 5.41) is 6.99. The maximum Gasteiger partial charge on any atom is 0.191 e. The van der Waals surface area contributed by atoms with Crippen molar-refractivity contribution in [3.05, 3.63) is 35.4 Å². The van der Waals surface area contributed by atoms with Gasteiger partial charge in [-0.25, -0.2) is 0 Å².